The zero-order valence-corrected chi connectivity index (χ0v) is 12.5. The van der Waals surface area contributed by atoms with E-state index in [1.807, 2.05) is 43.3 Å². The predicted molar refractivity (Wildman–Crippen MR) is 89.5 cm³/mol. The van der Waals surface area contributed by atoms with Crippen LogP contribution in [0.15, 0.2) is 58.3 Å². The third-order valence-electron chi connectivity index (χ3n) is 3.32. The molecule has 0 aliphatic carbocycles. The Labute approximate surface area is 131 Å². The molecule has 0 amide bonds. The highest BCUT2D eigenvalue weighted by Gasteiger charge is 1.97. The van der Waals surface area contributed by atoms with Crippen LogP contribution in [0.5, 0.6) is 0 Å². The first-order valence-corrected chi connectivity index (χ1v) is 7.15. The standard InChI is InChI=1S/C18H15N3O2/c1-12-7-8-14(19-11-12)10-16-18(23)20-15(17(22)21-16)9-13-5-3-2-4-6-13/h2-11H,1H3,(H,20,23)(H,21,22)/b15-9?,16-10+. The maximum absolute atomic E-state index is 12.1. The zero-order valence-electron chi connectivity index (χ0n) is 12.5. The molecule has 0 saturated heterocycles. The molecular formula is C18H15N3O2. The molecule has 2 N–H and O–H groups in total. The molecule has 0 saturated carbocycles. The van der Waals surface area contributed by atoms with Crippen LogP contribution in [0.4, 0.5) is 0 Å². The van der Waals surface area contributed by atoms with Crippen molar-refractivity contribution in [1.82, 2.24) is 15.0 Å². The van der Waals surface area contributed by atoms with E-state index in [1.165, 1.54) is 0 Å². The maximum atomic E-state index is 12.1. The fourth-order valence-electron chi connectivity index (χ4n) is 2.12. The van der Waals surface area contributed by atoms with Gasteiger partial charge in [-0.25, -0.2) is 0 Å². The van der Waals surface area contributed by atoms with Gasteiger partial charge in [0.2, 0.25) is 0 Å². The van der Waals surface area contributed by atoms with Crippen LogP contribution in [-0.4, -0.2) is 15.0 Å². The van der Waals surface area contributed by atoms with E-state index in [1.54, 1.807) is 24.4 Å². The van der Waals surface area contributed by atoms with Gasteiger partial charge in [-0.1, -0.05) is 36.4 Å². The number of rotatable bonds is 2. The van der Waals surface area contributed by atoms with Crippen molar-refractivity contribution < 1.29 is 0 Å². The van der Waals surface area contributed by atoms with Crippen LogP contribution in [0, 0.1) is 6.92 Å². The predicted octanol–water partition coefficient (Wildman–Crippen LogP) is 0.424. The van der Waals surface area contributed by atoms with E-state index in [9.17, 15) is 9.59 Å². The fraction of sp³-hybridized carbons (Fsp3) is 0.0556. The molecule has 1 aromatic carbocycles. The molecule has 0 unspecified atom stereocenters. The van der Waals surface area contributed by atoms with Crippen LogP contribution in [-0.2, 0) is 0 Å². The summed E-state index contributed by atoms with van der Waals surface area (Å²) in [6.07, 6.45) is 4.88. The molecule has 0 aliphatic rings. The topological polar surface area (TPSA) is 78.6 Å². The van der Waals surface area contributed by atoms with Gasteiger partial charge in [-0.3, -0.25) is 14.6 Å². The van der Waals surface area contributed by atoms with Crippen molar-refractivity contribution in [3.05, 3.63) is 96.9 Å². The van der Waals surface area contributed by atoms with Gasteiger partial charge in [-0.05, 0) is 36.3 Å². The third-order valence-corrected chi connectivity index (χ3v) is 3.32. The van der Waals surface area contributed by atoms with Crippen LogP contribution in [0.25, 0.3) is 12.2 Å². The van der Waals surface area contributed by atoms with Crippen molar-refractivity contribution in [2.24, 2.45) is 0 Å². The highest BCUT2D eigenvalue weighted by Crippen LogP contribution is 1.98. The van der Waals surface area contributed by atoms with E-state index in [0.29, 0.717) is 5.69 Å². The van der Waals surface area contributed by atoms with Gasteiger partial charge in [0.05, 0.1) is 5.69 Å². The van der Waals surface area contributed by atoms with E-state index in [4.69, 9.17) is 0 Å². The minimum Gasteiger partial charge on any atom is -0.316 e. The van der Waals surface area contributed by atoms with Gasteiger partial charge >= 0.3 is 0 Å². The monoisotopic (exact) mass is 305 g/mol. The summed E-state index contributed by atoms with van der Waals surface area (Å²) in [4.78, 5) is 33.7. The zero-order chi connectivity index (χ0) is 16.2. The highest BCUT2D eigenvalue weighted by atomic mass is 16.1. The Morgan fingerprint density at radius 1 is 0.870 bits per heavy atom. The van der Waals surface area contributed by atoms with Gasteiger partial charge in [0.15, 0.2) is 0 Å². The van der Waals surface area contributed by atoms with Gasteiger partial charge in [0.1, 0.15) is 10.7 Å². The summed E-state index contributed by atoms with van der Waals surface area (Å²) in [5, 5.41) is 0.395. The van der Waals surface area contributed by atoms with Crippen molar-refractivity contribution in [3.8, 4) is 0 Å². The van der Waals surface area contributed by atoms with Crippen LogP contribution >= 0.6 is 0 Å². The minimum absolute atomic E-state index is 0.177. The number of pyridine rings is 1. The lowest BCUT2D eigenvalue weighted by Crippen LogP contribution is -2.46. The molecule has 114 valence electrons. The van der Waals surface area contributed by atoms with Crippen LogP contribution in [0.1, 0.15) is 16.8 Å². The molecule has 0 radical (unpaired) electrons. The summed E-state index contributed by atoms with van der Waals surface area (Å²) in [6.45, 7) is 1.93. The molecule has 2 heterocycles. The van der Waals surface area contributed by atoms with E-state index < -0.39 is 0 Å². The summed E-state index contributed by atoms with van der Waals surface area (Å²) >= 11 is 0. The molecule has 0 aliphatic heterocycles. The number of aryl methyl sites for hydroxylation is 1. The second-order valence-electron chi connectivity index (χ2n) is 5.20. The lowest BCUT2D eigenvalue weighted by molar-refractivity contribution is 1.00. The van der Waals surface area contributed by atoms with Crippen molar-refractivity contribution in [3.63, 3.8) is 0 Å². The van der Waals surface area contributed by atoms with E-state index >= 15 is 0 Å². The summed E-state index contributed by atoms with van der Waals surface area (Å²) in [6, 6.07) is 13.0. The quantitative estimate of drug-likeness (QED) is 0.720. The average molecular weight is 305 g/mol. The maximum Gasteiger partial charge on any atom is 0.272 e. The highest BCUT2D eigenvalue weighted by molar-refractivity contribution is 5.47. The lowest BCUT2D eigenvalue weighted by Gasteiger charge is -1.95. The first kappa shape index (κ1) is 14.7. The number of hydrogen-bond donors (Lipinski definition) is 2. The second-order valence-corrected chi connectivity index (χ2v) is 5.20. The number of H-pyrrole nitrogens is 2. The number of nitrogens with one attached hydrogen (secondary N) is 2. The van der Waals surface area contributed by atoms with Crippen molar-refractivity contribution in [2.45, 2.75) is 6.92 Å². The number of aromatic amines is 2. The molecule has 0 fully saturated rings. The van der Waals surface area contributed by atoms with Crippen molar-refractivity contribution >= 4 is 12.2 Å². The Kier molecular flexibility index (Phi) is 4.01. The number of aromatic nitrogens is 3. The first-order chi connectivity index (χ1) is 11.1. The Bertz CT molecular complexity index is 1050. The Morgan fingerprint density at radius 2 is 1.52 bits per heavy atom. The molecule has 5 heteroatoms. The largest absolute Gasteiger partial charge is 0.316 e. The second kappa shape index (κ2) is 6.27. The average Bonchev–Trinajstić information content (AvgIpc) is 2.55. The minimum atomic E-state index is -0.367. The number of benzene rings is 1. The Hall–Kier alpha value is -3.21. The number of hydrogen-bond acceptors (Lipinski definition) is 3. The molecule has 0 bridgehead atoms. The normalized spacial score (nSPS) is 12.6. The Balaban J connectivity index is 2.12. The van der Waals surface area contributed by atoms with Crippen molar-refractivity contribution in [1.29, 1.82) is 0 Å². The summed E-state index contributed by atoms with van der Waals surface area (Å²) in [5.74, 6) is 0. The molecule has 0 atom stereocenters. The molecular weight excluding hydrogens is 290 g/mol. The molecule has 23 heavy (non-hydrogen) atoms. The van der Waals surface area contributed by atoms with Gasteiger partial charge in [-0.2, -0.15) is 0 Å². The van der Waals surface area contributed by atoms with Gasteiger partial charge in [0.25, 0.3) is 11.1 Å². The van der Waals surface area contributed by atoms with Gasteiger partial charge < -0.3 is 9.97 Å². The third kappa shape index (κ3) is 3.52. The summed E-state index contributed by atoms with van der Waals surface area (Å²) in [5.41, 5.74) is 1.75. The molecule has 3 aromatic rings. The van der Waals surface area contributed by atoms with Crippen LogP contribution in [0.3, 0.4) is 0 Å². The SMILES string of the molecule is Cc1ccc(/C=c2/[nH]c(=O)c(=Cc3ccccc3)[nH]c2=O)nc1. The molecule has 5 nitrogen and oxygen atoms in total. The smallest absolute Gasteiger partial charge is 0.272 e. The van der Waals surface area contributed by atoms with E-state index in [2.05, 4.69) is 15.0 Å². The van der Waals surface area contributed by atoms with Crippen LogP contribution in [0.2, 0.25) is 0 Å². The summed E-state index contributed by atoms with van der Waals surface area (Å²) < 4.78 is 0. The molecule has 0 spiro atoms. The Morgan fingerprint density at radius 3 is 2.13 bits per heavy atom. The lowest BCUT2D eigenvalue weighted by atomic mass is 10.2. The fourth-order valence-corrected chi connectivity index (χ4v) is 2.12. The molecule has 2 aromatic heterocycles. The van der Waals surface area contributed by atoms with Gasteiger partial charge in [0, 0.05) is 6.20 Å². The number of nitrogens with zero attached hydrogens (tertiary/aromatic N) is 1. The van der Waals surface area contributed by atoms with Gasteiger partial charge in [-0.15, -0.1) is 0 Å². The van der Waals surface area contributed by atoms with Crippen LogP contribution < -0.4 is 21.8 Å². The van der Waals surface area contributed by atoms with E-state index in [-0.39, 0.29) is 21.8 Å². The molecule has 3 rings (SSSR count). The summed E-state index contributed by atoms with van der Waals surface area (Å²) in [7, 11) is 0. The first-order valence-electron chi connectivity index (χ1n) is 7.15. The van der Waals surface area contributed by atoms with E-state index in [0.717, 1.165) is 11.1 Å². The van der Waals surface area contributed by atoms with Crippen molar-refractivity contribution in [2.75, 3.05) is 0 Å².